The first kappa shape index (κ1) is 18.2. The highest BCUT2D eigenvalue weighted by molar-refractivity contribution is 5.97. The number of aliphatic hydroxyl groups is 1. The van der Waals surface area contributed by atoms with Crippen molar-refractivity contribution in [2.45, 2.75) is 19.1 Å². The maximum atomic E-state index is 10.2. The molecule has 0 amide bonds. The van der Waals surface area contributed by atoms with Crippen LogP contribution >= 0.6 is 0 Å². The van der Waals surface area contributed by atoms with Gasteiger partial charge in [0.2, 0.25) is 0 Å². The zero-order valence-corrected chi connectivity index (χ0v) is 14.5. The molecule has 1 aromatic rings. The summed E-state index contributed by atoms with van der Waals surface area (Å²) < 4.78 is 0. The van der Waals surface area contributed by atoms with Crippen molar-refractivity contribution >= 4 is 12.2 Å². The standard InChI is InChI=1S/C18H27N5O/c1-14(21-13-22(2)3)18(19)20-10-17(24)12-23-9-8-15-6-4-5-7-16(15)11-23/h4-7,13,17,24H,1,8-12H2,2-3H3,(H2,19,20)/t17-/m1/s1. The van der Waals surface area contributed by atoms with Gasteiger partial charge in [-0.3, -0.25) is 9.89 Å². The molecule has 130 valence electrons. The van der Waals surface area contributed by atoms with Crippen LogP contribution in [-0.4, -0.2) is 66.9 Å². The molecule has 0 radical (unpaired) electrons. The molecule has 0 aliphatic carbocycles. The highest BCUT2D eigenvalue weighted by atomic mass is 16.3. The van der Waals surface area contributed by atoms with Crippen LogP contribution in [0.5, 0.6) is 0 Å². The molecule has 2 rings (SSSR count). The number of hydrogen-bond donors (Lipinski definition) is 2. The molecule has 0 saturated heterocycles. The van der Waals surface area contributed by atoms with Crippen molar-refractivity contribution in [1.82, 2.24) is 9.80 Å². The average Bonchev–Trinajstić information content (AvgIpc) is 2.57. The van der Waals surface area contributed by atoms with E-state index in [1.165, 1.54) is 11.1 Å². The molecule has 3 N–H and O–H groups in total. The lowest BCUT2D eigenvalue weighted by molar-refractivity contribution is 0.112. The predicted molar refractivity (Wildman–Crippen MR) is 99.2 cm³/mol. The maximum absolute atomic E-state index is 10.2. The summed E-state index contributed by atoms with van der Waals surface area (Å²) in [5, 5.41) is 10.2. The van der Waals surface area contributed by atoms with Gasteiger partial charge in [-0.25, -0.2) is 4.99 Å². The zero-order chi connectivity index (χ0) is 17.5. The van der Waals surface area contributed by atoms with Crippen molar-refractivity contribution in [2.24, 2.45) is 15.7 Å². The van der Waals surface area contributed by atoms with Crippen LogP contribution in [0.25, 0.3) is 0 Å². The van der Waals surface area contributed by atoms with E-state index in [9.17, 15) is 5.11 Å². The molecule has 0 fully saturated rings. The Kier molecular flexibility index (Phi) is 6.52. The second-order valence-electron chi connectivity index (χ2n) is 6.29. The molecule has 0 aromatic heterocycles. The largest absolute Gasteiger partial charge is 0.390 e. The topological polar surface area (TPSA) is 77.4 Å². The van der Waals surface area contributed by atoms with Gasteiger partial charge >= 0.3 is 0 Å². The number of nitrogens with two attached hydrogens (primary N) is 1. The van der Waals surface area contributed by atoms with Crippen molar-refractivity contribution in [2.75, 3.05) is 33.7 Å². The second kappa shape index (κ2) is 8.61. The number of amidine groups is 1. The number of aliphatic imine (C=N–C) groups is 2. The highest BCUT2D eigenvalue weighted by Crippen LogP contribution is 2.18. The zero-order valence-electron chi connectivity index (χ0n) is 14.5. The smallest absolute Gasteiger partial charge is 0.144 e. The monoisotopic (exact) mass is 329 g/mol. The lowest BCUT2D eigenvalue weighted by Crippen LogP contribution is -2.38. The van der Waals surface area contributed by atoms with E-state index in [0.29, 0.717) is 12.2 Å². The van der Waals surface area contributed by atoms with Gasteiger partial charge in [-0.15, -0.1) is 0 Å². The SMILES string of the molecule is C=C(N=CN(C)C)C(N)=NC[C@@H](O)CN1CCc2ccccc2C1. The van der Waals surface area contributed by atoms with Gasteiger partial charge in [-0.2, -0.15) is 0 Å². The van der Waals surface area contributed by atoms with E-state index in [0.717, 1.165) is 19.5 Å². The Balaban J connectivity index is 1.82. The molecule has 1 aliphatic rings. The summed E-state index contributed by atoms with van der Waals surface area (Å²) >= 11 is 0. The molecule has 6 heteroatoms. The first-order valence-corrected chi connectivity index (χ1v) is 8.12. The summed E-state index contributed by atoms with van der Waals surface area (Å²) in [4.78, 5) is 12.3. The molecule has 0 bridgehead atoms. The summed E-state index contributed by atoms with van der Waals surface area (Å²) in [6.07, 6.45) is 2.08. The Morgan fingerprint density at radius 3 is 2.83 bits per heavy atom. The first-order valence-electron chi connectivity index (χ1n) is 8.12. The Labute approximate surface area is 144 Å². The van der Waals surface area contributed by atoms with Gasteiger partial charge in [0.1, 0.15) is 5.84 Å². The number of fused-ring (bicyclic) bond motifs is 1. The molecule has 24 heavy (non-hydrogen) atoms. The number of aliphatic hydroxyl groups excluding tert-OH is 1. The van der Waals surface area contributed by atoms with E-state index in [1.54, 1.807) is 11.2 Å². The molecule has 0 saturated carbocycles. The Hall–Kier alpha value is -2.18. The molecule has 1 aromatic carbocycles. The molecular formula is C18H27N5O. The summed E-state index contributed by atoms with van der Waals surface area (Å²) in [6, 6.07) is 8.46. The normalized spacial score (nSPS) is 16.9. The van der Waals surface area contributed by atoms with Crippen LogP contribution in [0.2, 0.25) is 0 Å². The molecule has 0 spiro atoms. The lowest BCUT2D eigenvalue weighted by Gasteiger charge is -2.30. The van der Waals surface area contributed by atoms with Crippen LogP contribution in [0.4, 0.5) is 0 Å². The van der Waals surface area contributed by atoms with E-state index >= 15 is 0 Å². The van der Waals surface area contributed by atoms with E-state index < -0.39 is 6.10 Å². The summed E-state index contributed by atoms with van der Waals surface area (Å²) in [7, 11) is 3.73. The van der Waals surface area contributed by atoms with Gasteiger partial charge in [-0.05, 0) is 17.5 Å². The third kappa shape index (κ3) is 5.47. The van der Waals surface area contributed by atoms with Crippen LogP contribution in [0.15, 0.2) is 46.5 Å². The second-order valence-corrected chi connectivity index (χ2v) is 6.29. The van der Waals surface area contributed by atoms with E-state index in [2.05, 4.69) is 45.7 Å². The molecule has 0 unspecified atom stereocenters. The van der Waals surface area contributed by atoms with E-state index in [-0.39, 0.29) is 12.4 Å². The Morgan fingerprint density at radius 1 is 1.42 bits per heavy atom. The predicted octanol–water partition coefficient (Wildman–Crippen LogP) is 0.866. The van der Waals surface area contributed by atoms with E-state index in [1.807, 2.05) is 14.1 Å². The number of hydrogen-bond acceptors (Lipinski definition) is 4. The fraction of sp³-hybridized carbons (Fsp3) is 0.444. The van der Waals surface area contributed by atoms with Gasteiger partial charge < -0.3 is 15.7 Å². The first-order chi connectivity index (χ1) is 11.5. The van der Waals surface area contributed by atoms with Crippen molar-refractivity contribution in [3.05, 3.63) is 47.7 Å². The Bertz CT molecular complexity index is 624. The van der Waals surface area contributed by atoms with E-state index in [4.69, 9.17) is 5.73 Å². The molecule has 1 aliphatic heterocycles. The van der Waals surface area contributed by atoms with Crippen LogP contribution < -0.4 is 5.73 Å². The highest BCUT2D eigenvalue weighted by Gasteiger charge is 2.18. The Morgan fingerprint density at radius 2 is 2.12 bits per heavy atom. The molecule has 1 heterocycles. The minimum Gasteiger partial charge on any atom is -0.390 e. The average molecular weight is 329 g/mol. The van der Waals surface area contributed by atoms with Gasteiger partial charge in [0.15, 0.2) is 0 Å². The number of benzene rings is 1. The number of nitrogens with zero attached hydrogens (tertiary/aromatic N) is 4. The van der Waals surface area contributed by atoms with Gasteiger partial charge in [0.25, 0.3) is 0 Å². The summed E-state index contributed by atoms with van der Waals surface area (Å²) in [6.45, 7) is 6.42. The third-order valence-electron chi connectivity index (χ3n) is 3.89. The molecule has 6 nitrogen and oxygen atoms in total. The van der Waals surface area contributed by atoms with Gasteiger partial charge in [0.05, 0.1) is 24.7 Å². The minimum atomic E-state index is -0.556. The molecule has 1 atom stereocenters. The minimum absolute atomic E-state index is 0.250. The fourth-order valence-corrected chi connectivity index (χ4v) is 2.61. The summed E-state index contributed by atoms with van der Waals surface area (Å²) in [5.41, 5.74) is 8.99. The maximum Gasteiger partial charge on any atom is 0.144 e. The number of β-amino-alcohol motifs (C(OH)–C–C–N with tert-alkyl or cyclic N) is 1. The van der Waals surface area contributed by atoms with Crippen LogP contribution in [0.3, 0.4) is 0 Å². The van der Waals surface area contributed by atoms with Crippen LogP contribution in [0, 0.1) is 0 Å². The quantitative estimate of drug-likeness (QED) is 0.575. The number of rotatable bonds is 7. The van der Waals surface area contributed by atoms with Gasteiger partial charge in [0, 0.05) is 33.7 Å². The molecular weight excluding hydrogens is 302 g/mol. The van der Waals surface area contributed by atoms with Crippen molar-refractivity contribution in [3.8, 4) is 0 Å². The van der Waals surface area contributed by atoms with Crippen molar-refractivity contribution in [1.29, 1.82) is 0 Å². The van der Waals surface area contributed by atoms with Crippen LogP contribution in [0.1, 0.15) is 11.1 Å². The summed E-state index contributed by atoms with van der Waals surface area (Å²) in [5.74, 6) is 0.260. The van der Waals surface area contributed by atoms with Crippen molar-refractivity contribution in [3.63, 3.8) is 0 Å². The van der Waals surface area contributed by atoms with Gasteiger partial charge in [-0.1, -0.05) is 30.8 Å². The van der Waals surface area contributed by atoms with Crippen LogP contribution in [-0.2, 0) is 13.0 Å². The third-order valence-corrected chi connectivity index (χ3v) is 3.89. The van der Waals surface area contributed by atoms with Crippen molar-refractivity contribution < 1.29 is 5.11 Å². The fourth-order valence-electron chi connectivity index (χ4n) is 2.61. The lowest BCUT2D eigenvalue weighted by atomic mass is 10.00.